The number of primary amides is 1. The molecule has 1 amide bonds. The van der Waals surface area contributed by atoms with E-state index < -0.39 is 5.91 Å². The highest BCUT2D eigenvalue weighted by Crippen LogP contribution is 2.01. The smallest absolute Gasteiger partial charge is 0.283 e. The largest absolute Gasteiger partial charge is 0.491 e. The van der Waals surface area contributed by atoms with Crippen molar-refractivity contribution in [3.63, 3.8) is 0 Å². The van der Waals surface area contributed by atoms with E-state index in [2.05, 4.69) is 4.74 Å². The number of rotatable bonds is 2. The van der Waals surface area contributed by atoms with Crippen LogP contribution in [0.1, 0.15) is 13.8 Å². The molecule has 0 fully saturated rings. The lowest BCUT2D eigenvalue weighted by atomic mass is 10.3. The molecule has 2 N–H and O–H groups in total. The highest BCUT2D eigenvalue weighted by Gasteiger charge is 2.04. The van der Waals surface area contributed by atoms with Crippen LogP contribution in [0.2, 0.25) is 0 Å². The molecule has 0 saturated carbocycles. The van der Waals surface area contributed by atoms with Gasteiger partial charge >= 0.3 is 0 Å². The second kappa shape index (κ2) is 3.12. The summed E-state index contributed by atoms with van der Waals surface area (Å²) in [7, 11) is 1.42. The number of nitrogens with two attached hydrogens (primary N) is 1. The zero-order chi connectivity index (χ0) is 7.44. The summed E-state index contributed by atoms with van der Waals surface area (Å²) >= 11 is 0. The Kier molecular flexibility index (Phi) is 2.78. The van der Waals surface area contributed by atoms with Crippen LogP contribution in [0.4, 0.5) is 0 Å². The van der Waals surface area contributed by atoms with E-state index in [0.717, 1.165) is 5.57 Å². The molecule has 9 heavy (non-hydrogen) atoms. The Labute approximate surface area is 54.5 Å². The summed E-state index contributed by atoms with van der Waals surface area (Å²) in [5, 5.41) is 0. The fourth-order valence-corrected chi connectivity index (χ4v) is 0.551. The molecule has 0 bridgehead atoms. The second-order valence-electron chi connectivity index (χ2n) is 1.90. The first-order valence-electron chi connectivity index (χ1n) is 2.61. The number of hydrogen-bond donors (Lipinski definition) is 1. The van der Waals surface area contributed by atoms with Gasteiger partial charge in [0, 0.05) is 0 Å². The molecule has 0 aliphatic rings. The molecule has 0 aliphatic heterocycles. The average Bonchev–Trinajstić information content (AvgIpc) is 1.64. The Morgan fingerprint density at radius 1 is 1.44 bits per heavy atom. The molecule has 0 aromatic rings. The normalized spacial score (nSPS) is 8.33. The number of allylic oxidation sites excluding steroid dienone is 1. The molecule has 0 aliphatic carbocycles. The van der Waals surface area contributed by atoms with Crippen molar-refractivity contribution in [3.05, 3.63) is 11.3 Å². The van der Waals surface area contributed by atoms with E-state index in [9.17, 15) is 4.79 Å². The molecule has 3 heteroatoms. The van der Waals surface area contributed by atoms with Crippen molar-refractivity contribution < 1.29 is 9.53 Å². The van der Waals surface area contributed by atoms with Crippen molar-refractivity contribution in [1.82, 2.24) is 0 Å². The number of hydrogen-bond acceptors (Lipinski definition) is 2. The predicted octanol–water partition coefficient (Wildman–Crippen LogP) is 0.412. The van der Waals surface area contributed by atoms with Gasteiger partial charge in [-0.2, -0.15) is 0 Å². The highest BCUT2D eigenvalue weighted by atomic mass is 16.5. The van der Waals surface area contributed by atoms with Crippen molar-refractivity contribution in [3.8, 4) is 0 Å². The van der Waals surface area contributed by atoms with Crippen LogP contribution in [0.3, 0.4) is 0 Å². The Morgan fingerprint density at radius 2 is 1.89 bits per heavy atom. The van der Waals surface area contributed by atoms with Crippen LogP contribution in [0.25, 0.3) is 0 Å². The molecule has 52 valence electrons. The maximum Gasteiger partial charge on any atom is 0.283 e. The van der Waals surface area contributed by atoms with Crippen LogP contribution in [-0.4, -0.2) is 13.0 Å². The van der Waals surface area contributed by atoms with Crippen LogP contribution in [0.5, 0.6) is 0 Å². The summed E-state index contributed by atoms with van der Waals surface area (Å²) in [6.07, 6.45) is 0. The molecule has 0 aromatic carbocycles. The molecule has 0 spiro atoms. The summed E-state index contributed by atoms with van der Waals surface area (Å²) in [5.74, 6) is -0.271. The van der Waals surface area contributed by atoms with Gasteiger partial charge in [-0.1, -0.05) is 0 Å². The first kappa shape index (κ1) is 8.01. The molecular formula is C6H11NO2. The Bertz CT molecular complexity index is 145. The van der Waals surface area contributed by atoms with Crippen LogP contribution in [-0.2, 0) is 9.53 Å². The van der Waals surface area contributed by atoms with Gasteiger partial charge in [-0.05, 0) is 19.4 Å². The molecule has 0 atom stereocenters. The Hall–Kier alpha value is -0.990. The van der Waals surface area contributed by atoms with Crippen LogP contribution >= 0.6 is 0 Å². The third-order valence-corrected chi connectivity index (χ3v) is 0.882. The van der Waals surface area contributed by atoms with E-state index >= 15 is 0 Å². The quantitative estimate of drug-likeness (QED) is 0.433. The lowest BCUT2D eigenvalue weighted by Crippen LogP contribution is -2.16. The topological polar surface area (TPSA) is 52.3 Å². The molecule has 0 heterocycles. The number of amides is 1. The van der Waals surface area contributed by atoms with Crippen molar-refractivity contribution in [1.29, 1.82) is 0 Å². The van der Waals surface area contributed by atoms with Crippen molar-refractivity contribution in [2.75, 3.05) is 7.11 Å². The third kappa shape index (κ3) is 2.17. The molecule has 0 radical (unpaired) electrons. The standard InChI is InChI=1S/C6H11NO2/c1-4(2)5(9-3)6(7)8/h1-3H3,(H2,7,8). The van der Waals surface area contributed by atoms with Gasteiger partial charge in [0.05, 0.1) is 7.11 Å². The van der Waals surface area contributed by atoms with E-state index in [1.165, 1.54) is 7.11 Å². The van der Waals surface area contributed by atoms with E-state index in [1.807, 2.05) is 0 Å². The minimum atomic E-state index is -0.516. The summed E-state index contributed by atoms with van der Waals surface area (Å²) in [5.41, 5.74) is 5.72. The van der Waals surface area contributed by atoms with E-state index in [0.29, 0.717) is 0 Å². The van der Waals surface area contributed by atoms with Gasteiger partial charge in [0.15, 0.2) is 5.76 Å². The second-order valence-corrected chi connectivity index (χ2v) is 1.90. The number of methoxy groups -OCH3 is 1. The maximum atomic E-state index is 10.4. The van der Waals surface area contributed by atoms with Gasteiger partial charge in [0.1, 0.15) is 0 Å². The number of carbonyl (C=O) groups is 1. The van der Waals surface area contributed by atoms with Gasteiger partial charge in [-0.15, -0.1) is 0 Å². The fraction of sp³-hybridized carbons (Fsp3) is 0.500. The van der Waals surface area contributed by atoms with E-state index in [4.69, 9.17) is 5.73 Å². The van der Waals surface area contributed by atoms with Crippen LogP contribution < -0.4 is 5.73 Å². The first-order valence-corrected chi connectivity index (χ1v) is 2.61. The van der Waals surface area contributed by atoms with E-state index in [1.54, 1.807) is 13.8 Å². The molecule has 0 aromatic heterocycles. The molecular weight excluding hydrogens is 118 g/mol. The summed E-state index contributed by atoms with van der Waals surface area (Å²) in [4.78, 5) is 10.4. The van der Waals surface area contributed by atoms with Gasteiger partial charge < -0.3 is 10.5 Å². The maximum absolute atomic E-state index is 10.4. The van der Waals surface area contributed by atoms with Crippen molar-refractivity contribution in [2.45, 2.75) is 13.8 Å². The monoisotopic (exact) mass is 129 g/mol. The first-order chi connectivity index (χ1) is 4.09. The average molecular weight is 129 g/mol. The summed E-state index contributed by atoms with van der Waals surface area (Å²) in [6.45, 7) is 3.53. The third-order valence-electron chi connectivity index (χ3n) is 0.882. The number of carbonyl (C=O) groups excluding carboxylic acids is 1. The summed E-state index contributed by atoms with van der Waals surface area (Å²) < 4.78 is 4.68. The molecule has 0 rings (SSSR count). The van der Waals surface area contributed by atoms with Gasteiger partial charge in [-0.25, -0.2) is 0 Å². The van der Waals surface area contributed by atoms with E-state index in [-0.39, 0.29) is 5.76 Å². The van der Waals surface area contributed by atoms with Crippen LogP contribution in [0.15, 0.2) is 11.3 Å². The summed E-state index contributed by atoms with van der Waals surface area (Å²) in [6, 6.07) is 0. The highest BCUT2D eigenvalue weighted by molar-refractivity contribution is 5.90. The van der Waals surface area contributed by atoms with Crippen molar-refractivity contribution in [2.24, 2.45) is 5.73 Å². The molecule has 3 nitrogen and oxygen atoms in total. The minimum Gasteiger partial charge on any atom is -0.491 e. The Balaban J connectivity index is 4.35. The van der Waals surface area contributed by atoms with Crippen LogP contribution in [0, 0.1) is 0 Å². The van der Waals surface area contributed by atoms with Gasteiger partial charge in [-0.3, -0.25) is 4.79 Å². The zero-order valence-electron chi connectivity index (χ0n) is 5.89. The SMILES string of the molecule is COC(C(N)=O)=C(C)C. The zero-order valence-corrected chi connectivity index (χ0v) is 5.89. The minimum absolute atomic E-state index is 0.245. The Morgan fingerprint density at radius 3 is 1.89 bits per heavy atom. The lowest BCUT2D eigenvalue weighted by molar-refractivity contribution is -0.117. The molecule has 0 unspecified atom stereocenters. The molecule has 0 saturated heterocycles. The predicted molar refractivity (Wildman–Crippen MR) is 34.6 cm³/mol. The van der Waals surface area contributed by atoms with Gasteiger partial charge in [0.2, 0.25) is 0 Å². The van der Waals surface area contributed by atoms with Gasteiger partial charge in [0.25, 0.3) is 5.91 Å². The lowest BCUT2D eigenvalue weighted by Gasteiger charge is -2.01. The fourth-order valence-electron chi connectivity index (χ4n) is 0.551. The van der Waals surface area contributed by atoms with Crippen molar-refractivity contribution >= 4 is 5.91 Å². The number of ether oxygens (including phenoxy) is 1.